The van der Waals surface area contributed by atoms with Crippen LogP contribution in [0.3, 0.4) is 0 Å². The molecule has 2 rings (SSSR count). The van der Waals surface area contributed by atoms with Gasteiger partial charge in [-0.05, 0) is 37.1 Å². The summed E-state index contributed by atoms with van der Waals surface area (Å²) in [4.78, 5) is 14.1. The number of hydrogen-bond donors (Lipinski definition) is 3. The number of rotatable bonds is 4. The molecule has 1 aromatic carbocycles. The maximum atomic E-state index is 12.1. The van der Waals surface area contributed by atoms with Gasteiger partial charge in [-0.3, -0.25) is 9.69 Å². The molecule has 0 saturated carbocycles. The largest absolute Gasteiger partial charge is 0.397 e. The third-order valence-corrected chi connectivity index (χ3v) is 4.05. The van der Waals surface area contributed by atoms with Crippen LogP contribution in [-0.2, 0) is 4.79 Å². The van der Waals surface area contributed by atoms with E-state index in [-0.39, 0.29) is 25.1 Å². The smallest absolute Gasteiger partial charge is 0.238 e. The SMILES string of the molecule is CC1CCN(CC(=O)Nc2ccc(Cl)cc2N)C1CO. The van der Waals surface area contributed by atoms with E-state index >= 15 is 0 Å². The van der Waals surface area contributed by atoms with Crippen LogP contribution in [0, 0.1) is 5.92 Å². The predicted molar refractivity (Wildman–Crippen MR) is 80.7 cm³/mol. The average molecular weight is 298 g/mol. The van der Waals surface area contributed by atoms with Crippen molar-refractivity contribution in [2.45, 2.75) is 19.4 Å². The molecular weight excluding hydrogens is 278 g/mol. The molecule has 1 heterocycles. The van der Waals surface area contributed by atoms with Gasteiger partial charge in [-0.25, -0.2) is 0 Å². The summed E-state index contributed by atoms with van der Waals surface area (Å²) in [5, 5.41) is 12.7. The predicted octanol–water partition coefficient (Wildman–Crippen LogP) is 1.56. The molecule has 0 spiro atoms. The Bertz CT molecular complexity index is 495. The number of halogens is 1. The molecule has 0 radical (unpaired) electrons. The highest BCUT2D eigenvalue weighted by atomic mass is 35.5. The minimum Gasteiger partial charge on any atom is -0.397 e. The topological polar surface area (TPSA) is 78.6 Å². The van der Waals surface area contributed by atoms with Gasteiger partial charge in [0.25, 0.3) is 0 Å². The number of nitrogens with one attached hydrogen (secondary N) is 1. The van der Waals surface area contributed by atoms with Crippen molar-refractivity contribution < 1.29 is 9.90 Å². The lowest BCUT2D eigenvalue weighted by molar-refractivity contribution is -0.117. The number of carbonyl (C=O) groups is 1. The number of nitrogen functional groups attached to an aromatic ring is 1. The number of amides is 1. The van der Waals surface area contributed by atoms with Crippen LogP contribution < -0.4 is 11.1 Å². The van der Waals surface area contributed by atoms with Crippen LogP contribution in [-0.4, -0.2) is 41.7 Å². The molecule has 1 amide bonds. The first-order valence-corrected chi connectivity index (χ1v) is 7.09. The van der Waals surface area contributed by atoms with Crippen molar-refractivity contribution in [3.8, 4) is 0 Å². The molecule has 0 bridgehead atoms. The number of aliphatic hydroxyl groups is 1. The van der Waals surface area contributed by atoms with E-state index < -0.39 is 0 Å². The van der Waals surface area contributed by atoms with Gasteiger partial charge in [-0.15, -0.1) is 0 Å². The third-order valence-electron chi connectivity index (χ3n) is 3.82. The molecule has 4 N–H and O–H groups in total. The maximum Gasteiger partial charge on any atom is 0.238 e. The third kappa shape index (κ3) is 3.42. The maximum absolute atomic E-state index is 12.1. The highest BCUT2D eigenvalue weighted by molar-refractivity contribution is 6.31. The molecule has 5 nitrogen and oxygen atoms in total. The van der Waals surface area contributed by atoms with E-state index in [1.807, 2.05) is 4.90 Å². The summed E-state index contributed by atoms with van der Waals surface area (Å²) in [6.45, 7) is 3.26. The van der Waals surface area contributed by atoms with Crippen LogP contribution in [0.15, 0.2) is 18.2 Å². The second kappa shape index (κ2) is 6.43. The van der Waals surface area contributed by atoms with Crippen LogP contribution in [0.4, 0.5) is 11.4 Å². The highest BCUT2D eigenvalue weighted by Crippen LogP contribution is 2.25. The standard InChI is InChI=1S/C14H20ClN3O2/c1-9-4-5-18(13(9)8-19)7-14(20)17-12-3-2-10(15)6-11(12)16/h2-3,6,9,13,19H,4-5,7-8,16H2,1H3,(H,17,20). The summed E-state index contributed by atoms with van der Waals surface area (Å²) >= 11 is 5.82. The summed E-state index contributed by atoms with van der Waals surface area (Å²) < 4.78 is 0. The zero-order chi connectivity index (χ0) is 14.7. The second-order valence-corrected chi connectivity index (χ2v) is 5.70. The number of nitrogens with two attached hydrogens (primary N) is 1. The zero-order valence-corrected chi connectivity index (χ0v) is 12.2. The van der Waals surface area contributed by atoms with Gasteiger partial charge in [0.2, 0.25) is 5.91 Å². The number of benzene rings is 1. The molecule has 2 atom stereocenters. The van der Waals surface area contributed by atoms with E-state index in [4.69, 9.17) is 17.3 Å². The van der Waals surface area contributed by atoms with Gasteiger partial charge in [0.15, 0.2) is 0 Å². The summed E-state index contributed by atoms with van der Waals surface area (Å²) in [6, 6.07) is 5.03. The molecule has 0 aromatic heterocycles. The number of nitrogens with zero attached hydrogens (tertiary/aromatic N) is 1. The quantitative estimate of drug-likeness (QED) is 0.737. The number of likely N-dealkylation sites (tertiary alicyclic amines) is 1. The fraction of sp³-hybridized carbons (Fsp3) is 0.500. The van der Waals surface area contributed by atoms with Crippen molar-refractivity contribution in [2.24, 2.45) is 5.92 Å². The minimum atomic E-state index is -0.133. The lowest BCUT2D eigenvalue weighted by atomic mass is 10.0. The first-order chi connectivity index (χ1) is 9.51. The summed E-state index contributed by atoms with van der Waals surface area (Å²) in [5.74, 6) is 0.278. The molecule has 1 fully saturated rings. The molecule has 1 aromatic rings. The Morgan fingerprint density at radius 2 is 2.35 bits per heavy atom. The van der Waals surface area contributed by atoms with Gasteiger partial charge >= 0.3 is 0 Å². The molecule has 1 aliphatic rings. The Kier molecular flexibility index (Phi) is 4.86. The Balaban J connectivity index is 1.95. The summed E-state index contributed by atoms with van der Waals surface area (Å²) in [6.07, 6.45) is 1.00. The first-order valence-electron chi connectivity index (χ1n) is 6.71. The molecule has 20 heavy (non-hydrogen) atoms. The number of hydrogen-bond acceptors (Lipinski definition) is 4. The molecule has 6 heteroatoms. The van der Waals surface area contributed by atoms with Crippen molar-refractivity contribution in [3.05, 3.63) is 23.2 Å². The van der Waals surface area contributed by atoms with Crippen LogP contribution in [0.25, 0.3) is 0 Å². The number of anilines is 2. The van der Waals surface area contributed by atoms with Gasteiger partial charge in [0.1, 0.15) is 0 Å². The molecule has 1 saturated heterocycles. The van der Waals surface area contributed by atoms with Crippen molar-refractivity contribution >= 4 is 28.9 Å². The Hall–Kier alpha value is -1.30. The van der Waals surface area contributed by atoms with Gasteiger partial charge < -0.3 is 16.2 Å². The first kappa shape index (κ1) is 15.1. The Labute approximate surface area is 123 Å². The Morgan fingerprint density at radius 3 is 3.00 bits per heavy atom. The summed E-state index contributed by atoms with van der Waals surface area (Å²) in [7, 11) is 0. The average Bonchev–Trinajstić information content (AvgIpc) is 2.73. The van der Waals surface area contributed by atoms with Crippen LogP contribution in [0.5, 0.6) is 0 Å². The van der Waals surface area contributed by atoms with Gasteiger partial charge in [0, 0.05) is 11.1 Å². The van der Waals surface area contributed by atoms with Crippen molar-refractivity contribution in [2.75, 3.05) is 30.7 Å². The molecule has 1 aliphatic heterocycles. The minimum absolute atomic E-state index is 0.0586. The van der Waals surface area contributed by atoms with Crippen LogP contribution >= 0.6 is 11.6 Å². The number of carbonyl (C=O) groups excluding carboxylic acids is 1. The van der Waals surface area contributed by atoms with E-state index in [0.717, 1.165) is 13.0 Å². The van der Waals surface area contributed by atoms with Crippen LogP contribution in [0.1, 0.15) is 13.3 Å². The lowest BCUT2D eigenvalue weighted by Gasteiger charge is -2.24. The second-order valence-electron chi connectivity index (χ2n) is 5.27. The fourth-order valence-corrected chi connectivity index (χ4v) is 2.78. The molecule has 2 unspecified atom stereocenters. The van der Waals surface area contributed by atoms with Gasteiger partial charge in [-0.2, -0.15) is 0 Å². The highest BCUT2D eigenvalue weighted by Gasteiger charge is 2.31. The monoisotopic (exact) mass is 297 g/mol. The van der Waals surface area contributed by atoms with Crippen molar-refractivity contribution in [1.29, 1.82) is 0 Å². The zero-order valence-electron chi connectivity index (χ0n) is 11.5. The van der Waals surface area contributed by atoms with E-state index in [9.17, 15) is 9.90 Å². The van der Waals surface area contributed by atoms with Crippen molar-refractivity contribution in [3.63, 3.8) is 0 Å². The van der Waals surface area contributed by atoms with Crippen LogP contribution in [0.2, 0.25) is 5.02 Å². The van der Waals surface area contributed by atoms with Gasteiger partial charge in [0.05, 0.1) is 24.5 Å². The molecule has 0 aliphatic carbocycles. The normalized spacial score (nSPS) is 22.9. The Morgan fingerprint density at radius 1 is 1.60 bits per heavy atom. The van der Waals surface area contributed by atoms with Gasteiger partial charge in [-0.1, -0.05) is 18.5 Å². The summed E-state index contributed by atoms with van der Waals surface area (Å²) in [5.41, 5.74) is 6.81. The van der Waals surface area contributed by atoms with E-state index in [1.54, 1.807) is 18.2 Å². The lowest BCUT2D eigenvalue weighted by Crippen LogP contribution is -2.40. The van der Waals surface area contributed by atoms with E-state index in [1.165, 1.54) is 0 Å². The molecular formula is C14H20ClN3O2. The number of aliphatic hydroxyl groups excluding tert-OH is 1. The van der Waals surface area contributed by atoms with E-state index in [2.05, 4.69) is 12.2 Å². The fourth-order valence-electron chi connectivity index (χ4n) is 2.60. The molecule has 110 valence electrons. The van der Waals surface area contributed by atoms with Crippen molar-refractivity contribution in [1.82, 2.24) is 4.90 Å². The van der Waals surface area contributed by atoms with E-state index in [0.29, 0.717) is 22.3 Å².